The zero-order valence-corrected chi connectivity index (χ0v) is 12.6. The second-order valence-corrected chi connectivity index (χ2v) is 5.21. The largest absolute Gasteiger partial charge is 0.492 e. The van der Waals surface area contributed by atoms with Crippen molar-refractivity contribution in [2.75, 3.05) is 18.9 Å². The molecule has 0 saturated carbocycles. The zero-order valence-electron chi connectivity index (χ0n) is 11.1. The Balaban J connectivity index is 1.82. The van der Waals surface area contributed by atoms with Crippen molar-refractivity contribution < 1.29 is 9.53 Å². The molecule has 2 rings (SSSR count). The molecule has 0 aromatic heterocycles. The molecule has 0 radical (unpaired) electrons. The lowest BCUT2D eigenvalue weighted by atomic mass is 10.2. The summed E-state index contributed by atoms with van der Waals surface area (Å²) in [5.41, 5.74) is 6.68. The highest BCUT2D eigenvalue weighted by Crippen LogP contribution is 2.19. The Labute approximate surface area is 132 Å². The highest BCUT2D eigenvalue weighted by atomic mass is 35.5. The number of ether oxygens (including phenoxy) is 1. The fourth-order valence-electron chi connectivity index (χ4n) is 1.72. The van der Waals surface area contributed by atoms with Gasteiger partial charge in [-0.05, 0) is 30.3 Å². The van der Waals surface area contributed by atoms with Gasteiger partial charge in [0.05, 0.1) is 6.54 Å². The molecular formula is C15H14Cl2N2O2. The van der Waals surface area contributed by atoms with Gasteiger partial charge < -0.3 is 15.8 Å². The molecule has 110 valence electrons. The van der Waals surface area contributed by atoms with Gasteiger partial charge in [0.1, 0.15) is 12.4 Å². The summed E-state index contributed by atoms with van der Waals surface area (Å²) < 4.78 is 5.47. The van der Waals surface area contributed by atoms with Crippen LogP contribution in [0.25, 0.3) is 0 Å². The maximum Gasteiger partial charge on any atom is 0.251 e. The highest BCUT2D eigenvalue weighted by Gasteiger charge is 2.07. The van der Waals surface area contributed by atoms with E-state index in [1.54, 1.807) is 42.5 Å². The van der Waals surface area contributed by atoms with Gasteiger partial charge in [0.25, 0.3) is 5.91 Å². The second kappa shape index (κ2) is 7.20. The Hall–Kier alpha value is -1.91. The maximum absolute atomic E-state index is 11.9. The Kier molecular flexibility index (Phi) is 5.31. The standard InChI is InChI=1S/C15H14Cl2N2O2/c16-11-6-10(7-12(17)8-11)15(20)19-4-5-21-14-3-1-2-13(18)9-14/h1-3,6-9H,4-5,18H2,(H,19,20). The van der Waals surface area contributed by atoms with Crippen LogP contribution in [0.1, 0.15) is 10.4 Å². The Morgan fingerprint density at radius 2 is 1.86 bits per heavy atom. The molecule has 0 unspecified atom stereocenters. The third-order valence-corrected chi connectivity index (χ3v) is 3.08. The number of anilines is 1. The number of rotatable bonds is 5. The lowest BCUT2D eigenvalue weighted by molar-refractivity contribution is 0.0947. The van der Waals surface area contributed by atoms with Crippen molar-refractivity contribution in [3.63, 3.8) is 0 Å². The fourth-order valence-corrected chi connectivity index (χ4v) is 2.25. The van der Waals surface area contributed by atoms with E-state index in [1.165, 1.54) is 0 Å². The van der Waals surface area contributed by atoms with Crippen LogP contribution < -0.4 is 15.8 Å². The summed E-state index contributed by atoms with van der Waals surface area (Å²) in [7, 11) is 0. The third kappa shape index (κ3) is 4.85. The van der Waals surface area contributed by atoms with Crippen LogP contribution in [0.4, 0.5) is 5.69 Å². The predicted octanol–water partition coefficient (Wildman–Crippen LogP) is 3.38. The van der Waals surface area contributed by atoms with E-state index in [9.17, 15) is 4.79 Å². The number of nitrogens with two attached hydrogens (primary N) is 1. The van der Waals surface area contributed by atoms with E-state index in [1.807, 2.05) is 0 Å². The molecule has 0 atom stereocenters. The SMILES string of the molecule is Nc1cccc(OCCNC(=O)c2cc(Cl)cc(Cl)c2)c1. The third-order valence-electron chi connectivity index (χ3n) is 2.64. The summed E-state index contributed by atoms with van der Waals surface area (Å²) in [6, 6.07) is 11.8. The normalized spacial score (nSPS) is 10.2. The Morgan fingerprint density at radius 3 is 2.52 bits per heavy atom. The summed E-state index contributed by atoms with van der Waals surface area (Å²) in [6.07, 6.45) is 0. The van der Waals surface area contributed by atoms with Gasteiger partial charge in [-0.2, -0.15) is 0 Å². The number of hydrogen-bond acceptors (Lipinski definition) is 3. The smallest absolute Gasteiger partial charge is 0.251 e. The van der Waals surface area contributed by atoms with Crippen LogP contribution in [0.15, 0.2) is 42.5 Å². The topological polar surface area (TPSA) is 64.3 Å². The highest BCUT2D eigenvalue weighted by molar-refractivity contribution is 6.35. The van der Waals surface area contributed by atoms with E-state index < -0.39 is 0 Å². The van der Waals surface area contributed by atoms with E-state index in [-0.39, 0.29) is 5.91 Å². The molecule has 0 heterocycles. The van der Waals surface area contributed by atoms with Crippen LogP contribution in [0.5, 0.6) is 5.75 Å². The van der Waals surface area contributed by atoms with Crippen LogP contribution in [-0.4, -0.2) is 19.1 Å². The maximum atomic E-state index is 11.9. The van der Waals surface area contributed by atoms with Crippen molar-refractivity contribution in [2.24, 2.45) is 0 Å². The first-order chi connectivity index (χ1) is 10.0. The quantitative estimate of drug-likeness (QED) is 0.654. The number of hydrogen-bond donors (Lipinski definition) is 2. The van der Waals surface area contributed by atoms with Crippen molar-refractivity contribution >= 4 is 34.8 Å². The Morgan fingerprint density at radius 1 is 1.14 bits per heavy atom. The van der Waals surface area contributed by atoms with E-state index in [4.69, 9.17) is 33.7 Å². The van der Waals surface area contributed by atoms with Gasteiger partial charge >= 0.3 is 0 Å². The summed E-state index contributed by atoms with van der Waals surface area (Å²) in [5, 5.41) is 3.57. The van der Waals surface area contributed by atoms with E-state index >= 15 is 0 Å². The van der Waals surface area contributed by atoms with E-state index in [0.717, 1.165) is 0 Å². The van der Waals surface area contributed by atoms with Crippen molar-refractivity contribution in [1.29, 1.82) is 0 Å². The molecule has 21 heavy (non-hydrogen) atoms. The van der Waals surface area contributed by atoms with Crippen LogP contribution >= 0.6 is 23.2 Å². The number of carbonyl (C=O) groups is 1. The minimum atomic E-state index is -0.254. The summed E-state index contributed by atoms with van der Waals surface area (Å²) in [6.45, 7) is 0.696. The number of nitrogens with one attached hydrogen (secondary N) is 1. The molecule has 0 saturated heterocycles. The molecule has 0 aliphatic carbocycles. The van der Waals surface area contributed by atoms with Crippen LogP contribution in [0.3, 0.4) is 0 Å². The average Bonchev–Trinajstić information content (AvgIpc) is 2.42. The number of benzene rings is 2. The molecule has 1 amide bonds. The van der Waals surface area contributed by atoms with Gasteiger partial charge in [-0.3, -0.25) is 4.79 Å². The van der Waals surface area contributed by atoms with Crippen molar-refractivity contribution in [3.8, 4) is 5.75 Å². The van der Waals surface area contributed by atoms with E-state index in [0.29, 0.717) is 40.2 Å². The van der Waals surface area contributed by atoms with E-state index in [2.05, 4.69) is 5.32 Å². The fraction of sp³-hybridized carbons (Fsp3) is 0.133. The summed E-state index contributed by atoms with van der Waals surface area (Å²) in [5.74, 6) is 0.408. The average molecular weight is 325 g/mol. The lowest BCUT2D eigenvalue weighted by Crippen LogP contribution is -2.28. The number of amides is 1. The molecule has 0 bridgehead atoms. The van der Waals surface area contributed by atoms with Crippen LogP contribution in [0, 0.1) is 0 Å². The molecule has 0 fully saturated rings. The molecular weight excluding hydrogens is 311 g/mol. The minimum Gasteiger partial charge on any atom is -0.492 e. The molecule has 6 heteroatoms. The minimum absolute atomic E-state index is 0.254. The van der Waals surface area contributed by atoms with Gasteiger partial charge in [0.2, 0.25) is 0 Å². The second-order valence-electron chi connectivity index (χ2n) is 4.33. The molecule has 0 spiro atoms. The van der Waals surface area contributed by atoms with Crippen molar-refractivity contribution in [2.45, 2.75) is 0 Å². The van der Waals surface area contributed by atoms with Gasteiger partial charge in [0, 0.05) is 27.4 Å². The summed E-state index contributed by atoms with van der Waals surface area (Å²) >= 11 is 11.7. The first kappa shape index (κ1) is 15.5. The van der Waals surface area contributed by atoms with Crippen LogP contribution in [-0.2, 0) is 0 Å². The molecule has 0 aliphatic heterocycles. The molecule has 4 nitrogen and oxygen atoms in total. The van der Waals surface area contributed by atoms with Crippen molar-refractivity contribution in [1.82, 2.24) is 5.32 Å². The molecule has 2 aromatic carbocycles. The van der Waals surface area contributed by atoms with Gasteiger partial charge in [0.15, 0.2) is 0 Å². The molecule has 3 N–H and O–H groups in total. The molecule has 0 aliphatic rings. The lowest BCUT2D eigenvalue weighted by Gasteiger charge is -2.08. The first-order valence-electron chi connectivity index (χ1n) is 6.27. The molecule has 2 aromatic rings. The van der Waals surface area contributed by atoms with Crippen molar-refractivity contribution in [3.05, 3.63) is 58.1 Å². The number of carbonyl (C=O) groups excluding carboxylic acids is 1. The van der Waals surface area contributed by atoms with Gasteiger partial charge in [-0.25, -0.2) is 0 Å². The number of nitrogen functional groups attached to an aromatic ring is 1. The number of halogens is 2. The zero-order chi connectivity index (χ0) is 15.2. The Bertz CT molecular complexity index is 627. The van der Waals surface area contributed by atoms with Gasteiger partial charge in [-0.1, -0.05) is 29.3 Å². The van der Waals surface area contributed by atoms with Gasteiger partial charge in [-0.15, -0.1) is 0 Å². The predicted molar refractivity (Wildman–Crippen MR) is 85.1 cm³/mol. The monoisotopic (exact) mass is 324 g/mol. The summed E-state index contributed by atoms with van der Waals surface area (Å²) in [4.78, 5) is 11.9. The van der Waals surface area contributed by atoms with Crippen LogP contribution in [0.2, 0.25) is 10.0 Å². The first-order valence-corrected chi connectivity index (χ1v) is 7.03.